The van der Waals surface area contributed by atoms with Crippen molar-refractivity contribution in [2.45, 2.75) is 26.3 Å². The summed E-state index contributed by atoms with van der Waals surface area (Å²) in [5.41, 5.74) is 1.27. The second-order valence-corrected chi connectivity index (χ2v) is 7.68. The third kappa shape index (κ3) is 3.13. The Labute approximate surface area is 167 Å². The lowest BCUT2D eigenvalue weighted by molar-refractivity contribution is -0.130. The van der Waals surface area contributed by atoms with E-state index in [0.717, 1.165) is 16.3 Å². The molecule has 27 heavy (non-hydrogen) atoms. The topological polar surface area (TPSA) is 71.4 Å². The summed E-state index contributed by atoms with van der Waals surface area (Å²) < 4.78 is 1.89. The molecule has 1 saturated heterocycles. The largest absolute Gasteiger partial charge is 0.351 e. The molecule has 0 saturated carbocycles. The second kappa shape index (κ2) is 6.69. The molecule has 6 nitrogen and oxygen atoms in total. The maximum atomic E-state index is 13.0. The van der Waals surface area contributed by atoms with Crippen molar-refractivity contribution in [2.24, 2.45) is 7.05 Å². The van der Waals surface area contributed by atoms with Gasteiger partial charge in [0.25, 0.3) is 5.91 Å². The summed E-state index contributed by atoms with van der Waals surface area (Å²) in [4.78, 5) is 39.1. The molecule has 0 bridgehead atoms. The number of carbonyl (C=O) groups is 3. The quantitative estimate of drug-likeness (QED) is 0.621. The predicted octanol–water partition coefficient (Wildman–Crippen LogP) is 3.60. The van der Waals surface area contributed by atoms with Crippen LogP contribution in [0.5, 0.6) is 0 Å². The number of rotatable bonds is 4. The number of aromatic nitrogens is 1. The van der Waals surface area contributed by atoms with Crippen molar-refractivity contribution in [3.63, 3.8) is 0 Å². The minimum atomic E-state index is -1.36. The van der Waals surface area contributed by atoms with Gasteiger partial charge < -0.3 is 9.88 Å². The fourth-order valence-electron chi connectivity index (χ4n) is 3.28. The highest BCUT2D eigenvalue weighted by atomic mass is 35.5. The van der Waals surface area contributed by atoms with Crippen molar-refractivity contribution in [1.82, 2.24) is 14.8 Å². The van der Waals surface area contributed by atoms with Crippen LogP contribution in [-0.4, -0.2) is 33.7 Å². The van der Waals surface area contributed by atoms with Crippen LogP contribution in [0, 0.1) is 13.8 Å². The number of halogens is 2. The van der Waals surface area contributed by atoms with E-state index < -0.39 is 17.5 Å². The standard InChI is InChI=1S/C19H19Cl2N3O3/c1-10-7-13(11(2)23(10)4)16(25)9-24-17(26)19(3,22-18(24)27)14-6-5-12(20)8-15(14)21/h5-8H,9H2,1-4H3,(H,22,27). The zero-order chi connectivity index (χ0) is 20.1. The number of hydrogen-bond donors (Lipinski definition) is 1. The minimum Gasteiger partial charge on any atom is -0.351 e. The number of aryl methyl sites for hydroxylation is 1. The van der Waals surface area contributed by atoms with Crippen LogP contribution in [0.25, 0.3) is 0 Å². The van der Waals surface area contributed by atoms with Gasteiger partial charge in [0.05, 0.1) is 6.54 Å². The van der Waals surface area contributed by atoms with Gasteiger partial charge in [-0.1, -0.05) is 29.3 Å². The maximum Gasteiger partial charge on any atom is 0.325 e. The van der Waals surface area contributed by atoms with Crippen molar-refractivity contribution in [2.75, 3.05) is 6.54 Å². The number of carbonyl (C=O) groups excluding carboxylic acids is 3. The summed E-state index contributed by atoms with van der Waals surface area (Å²) >= 11 is 12.1. The van der Waals surface area contributed by atoms with Gasteiger partial charge in [0.2, 0.25) is 0 Å². The summed E-state index contributed by atoms with van der Waals surface area (Å²) in [7, 11) is 1.86. The van der Waals surface area contributed by atoms with E-state index in [1.54, 1.807) is 25.1 Å². The molecule has 1 aromatic heterocycles. The summed E-state index contributed by atoms with van der Waals surface area (Å²) in [5, 5.41) is 3.33. The number of nitrogens with one attached hydrogen (secondary N) is 1. The van der Waals surface area contributed by atoms with E-state index in [1.807, 2.05) is 25.5 Å². The van der Waals surface area contributed by atoms with Crippen LogP contribution in [0.15, 0.2) is 24.3 Å². The highest BCUT2D eigenvalue weighted by Crippen LogP contribution is 2.35. The lowest BCUT2D eigenvalue weighted by Gasteiger charge is -2.23. The Morgan fingerprint density at radius 3 is 2.41 bits per heavy atom. The zero-order valence-electron chi connectivity index (χ0n) is 15.4. The summed E-state index contributed by atoms with van der Waals surface area (Å²) in [6.07, 6.45) is 0. The first kappa shape index (κ1) is 19.5. The van der Waals surface area contributed by atoms with Crippen molar-refractivity contribution >= 4 is 40.9 Å². The Morgan fingerprint density at radius 1 is 1.19 bits per heavy atom. The Kier molecular flexibility index (Phi) is 4.82. The molecule has 1 fully saturated rings. The van der Waals surface area contributed by atoms with Gasteiger partial charge in [0.15, 0.2) is 5.78 Å². The summed E-state index contributed by atoms with van der Waals surface area (Å²) in [6, 6.07) is 5.82. The van der Waals surface area contributed by atoms with E-state index >= 15 is 0 Å². The summed E-state index contributed by atoms with van der Waals surface area (Å²) in [6.45, 7) is 4.93. The third-order valence-electron chi connectivity index (χ3n) is 5.12. The van der Waals surface area contributed by atoms with Gasteiger partial charge in [-0.2, -0.15) is 0 Å². The molecule has 2 heterocycles. The van der Waals surface area contributed by atoms with E-state index in [4.69, 9.17) is 23.2 Å². The summed E-state index contributed by atoms with van der Waals surface area (Å²) in [5.74, 6) is -0.832. The van der Waals surface area contributed by atoms with Crippen LogP contribution in [-0.2, 0) is 17.4 Å². The highest BCUT2D eigenvalue weighted by molar-refractivity contribution is 6.35. The number of Topliss-reactive ketones (excluding diaryl/α,β-unsaturated/α-hetero) is 1. The second-order valence-electron chi connectivity index (χ2n) is 6.84. The molecular formula is C19H19Cl2N3O3. The van der Waals surface area contributed by atoms with Crippen LogP contribution >= 0.6 is 23.2 Å². The fraction of sp³-hybridized carbons (Fsp3) is 0.316. The SMILES string of the molecule is Cc1cc(C(=O)CN2C(=O)NC(C)(c3ccc(Cl)cc3Cl)C2=O)c(C)n1C. The number of ketones is 1. The van der Waals surface area contributed by atoms with E-state index in [0.29, 0.717) is 16.1 Å². The number of amides is 3. The Morgan fingerprint density at radius 2 is 1.85 bits per heavy atom. The Balaban J connectivity index is 1.90. The van der Waals surface area contributed by atoms with Gasteiger partial charge in [0.1, 0.15) is 5.54 Å². The van der Waals surface area contributed by atoms with Gasteiger partial charge in [0, 0.05) is 39.6 Å². The number of nitrogens with zero attached hydrogens (tertiary/aromatic N) is 2. The van der Waals surface area contributed by atoms with E-state index in [-0.39, 0.29) is 17.4 Å². The molecule has 1 N–H and O–H groups in total. The lowest BCUT2D eigenvalue weighted by Crippen LogP contribution is -2.41. The fourth-order valence-corrected chi connectivity index (χ4v) is 3.88. The third-order valence-corrected chi connectivity index (χ3v) is 5.67. The molecule has 142 valence electrons. The monoisotopic (exact) mass is 407 g/mol. The van der Waals surface area contributed by atoms with Crippen LogP contribution in [0.4, 0.5) is 4.79 Å². The van der Waals surface area contributed by atoms with Crippen molar-refractivity contribution in [3.05, 3.63) is 56.8 Å². The van der Waals surface area contributed by atoms with Crippen LogP contribution in [0.1, 0.15) is 34.2 Å². The first-order valence-corrected chi connectivity index (χ1v) is 9.07. The molecule has 1 aliphatic rings. The molecule has 1 atom stereocenters. The van der Waals surface area contributed by atoms with Gasteiger partial charge in [-0.05, 0) is 39.0 Å². The normalized spacial score (nSPS) is 19.6. The van der Waals surface area contributed by atoms with E-state index in [1.165, 1.54) is 6.07 Å². The number of hydrogen-bond acceptors (Lipinski definition) is 3. The van der Waals surface area contributed by atoms with Gasteiger partial charge in [-0.3, -0.25) is 14.5 Å². The zero-order valence-corrected chi connectivity index (χ0v) is 16.9. The molecule has 3 amide bonds. The molecule has 1 aliphatic heterocycles. The molecule has 0 aliphatic carbocycles. The minimum absolute atomic E-state index is 0.265. The molecule has 3 rings (SSSR count). The highest BCUT2D eigenvalue weighted by Gasteiger charge is 2.50. The number of benzene rings is 1. The molecule has 2 aromatic rings. The van der Waals surface area contributed by atoms with E-state index in [9.17, 15) is 14.4 Å². The smallest absolute Gasteiger partial charge is 0.325 e. The molecule has 0 spiro atoms. The molecule has 1 unspecified atom stereocenters. The number of imide groups is 1. The molecule has 8 heteroatoms. The first-order chi connectivity index (χ1) is 12.6. The Bertz CT molecular complexity index is 983. The average Bonchev–Trinajstić information content (AvgIpc) is 2.97. The van der Waals surface area contributed by atoms with Crippen molar-refractivity contribution in [1.29, 1.82) is 0 Å². The molecule has 0 radical (unpaired) electrons. The van der Waals surface area contributed by atoms with Crippen molar-refractivity contribution < 1.29 is 14.4 Å². The van der Waals surface area contributed by atoms with Crippen LogP contribution < -0.4 is 5.32 Å². The predicted molar refractivity (Wildman–Crippen MR) is 103 cm³/mol. The maximum absolute atomic E-state index is 13.0. The van der Waals surface area contributed by atoms with Crippen LogP contribution in [0.3, 0.4) is 0 Å². The average molecular weight is 408 g/mol. The van der Waals surface area contributed by atoms with E-state index in [2.05, 4.69) is 5.32 Å². The lowest BCUT2D eigenvalue weighted by atomic mass is 9.92. The van der Waals surface area contributed by atoms with Gasteiger partial charge >= 0.3 is 6.03 Å². The van der Waals surface area contributed by atoms with Crippen molar-refractivity contribution in [3.8, 4) is 0 Å². The first-order valence-electron chi connectivity index (χ1n) is 8.32. The number of urea groups is 1. The molecule has 1 aromatic carbocycles. The Hall–Kier alpha value is -2.31. The molecular weight excluding hydrogens is 389 g/mol. The van der Waals surface area contributed by atoms with Gasteiger partial charge in [-0.15, -0.1) is 0 Å². The van der Waals surface area contributed by atoms with Gasteiger partial charge in [-0.25, -0.2) is 4.79 Å². The van der Waals surface area contributed by atoms with Crippen LogP contribution in [0.2, 0.25) is 10.0 Å².